The minimum atomic E-state index is -0.0469. The summed E-state index contributed by atoms with van der Waals surface area (Å²) in [5, 5.41) is 8.17. The summed E-state index contributed by atoms with van der Waals surface area (Å²) in [6, 6.07) is 15.2. The van der Waals surface area contributed by atoms with E-state index in [-0.39, 0.29) is 5.91 Å². The molecule has 1 aromatic heterocycles. The molecule has 0 atom stereocenters. The summed E-state index contributed by atoms with van der Waals surface area (Å²) in [6.45, 7) is 3.89. The highest BCUT2D eigenvalue weighted by Gasteiger charge is 2.24. The van der Waals surface area contributed by atoms with Crippen LogP contribution in [0.15, 0.2) is 53.0 Å². The molecule has 150 valence electrons. The van der Waals surface area contributed by atoms with E-state index in [0.717, 1.165) is 29.7 Å². The van der Waals surface area contributed by atoms with Gasteiger partial charge in [0.05, 0.1) is 10.7 Å². The number of hydrogen-bond acceptors (Lipinski definition) is 3. The molecular formula is C21H19BrCl2N4O. The van der Waals surface area contributed by atoms with Crippen molar-refractivity contribution in [3.05, 3.63) is 74.3 Å². The highest BCUT2D eigenvalue weighted by Crippen LogP contribution is 2.29. The zero-order valence-electron chi connectivity index (χ0n) is 15.5. The molecule has 1 saturated heterocycles. The molecule has 0 bridgehead atoms. The van der Waals surface area contributed by atoms with Crippen molar-refractivity contribution in [1.29, 1.82) is 0 Å². The Balaban J connectivity index is 1.39. The Morgan fingerprint density at radius 3 is 2.55 bits per heavy atom. The first-order chi connectivity index (χ1) is 14.0. The summed E-state index contributed by atoms with van der Waals surface area (Å²) in [6.07, 6.45) is 0. The van der Waals surface area contributed by atoms with Gasteiger partial charge in [-0.2, -0.15) is 5.10 Å². The Kier molecular flexibility index (Phi) is 6.25. The van der Waals surface area contributed by atoms with Crippen LogP contribution in [0.4, 0.5) is 0 Å². The molecule has 1 aliphatic heterocycles. The number of halogens is 3. The minimum absolute atomic E-state index is 0.0469. The third kappa shape index (κ3) is 4.67. The molecule has 5 nitrogen and oxygen atoms in total. The summed E-state index contributed by atoms with van der Waals surface area (Å²) >= 11 is 15.8. The Bertz CT molecular complexity index is 1030. The molecule has 29 heavy (non-hydrogen) atoms. The molecule has 1 aliphatic rings. The van der Waals surface area contributed by atoms with Gasteiger partial charge in [-0.1, -0.05) is 57.3 Å². The van der Waals surface area contributed by atoms with Crippen LogP contribution in [0.5, 0.6) is 0 Å². The van der Waals surface area contributed by atoms with Crippen molar-refractivity contribution in [2.45, 2.75) is 6.54 Å². The second-order valence-electron chi connectivity index (χ2n) is 6.95. The van der Waals surface area contributed by atoms with Crippen molar-refractivity contribution in [2.24, 2.45) is 0 Å². The Labute approximate surface area is 187 Å². The van der Waals surface area contributed by atoms with Crippen LogP contribution in [-0.2, 0) is 6.54 Å². The average Bonchev–Trinajstić information content (AvgIpc) is 3.19. The molecule has 8 heteroatoms. The molecule has 3 aromatic rings. The predicted octanol–water partition coefficient (Wildman–Crippen LogP) is 5.10. The summed E-state index contributed by atoms with van der Waals surface area (Å²) < 4.78 is 1.12. The molecule has 0 spiro atoms. The van der Waals surface area contributed by atoms with Gasteiger partial charge in [-0.15, -0.1) is 0 Å². The van der Waals surface area contributed by atoms with Crippen LogP contribution < -0.4 is 0 Å². The number of carbonyl (C=O) groups is 1. The van der Waals surface area contributed by atoms with Crippen LogP contribution in [0.3, 0.4) is 0 Å². The van der Waals surface area contributed by atoms with Crippen LogP contribution in [0, 0.1) is 0 Å². The summed E-state index contributed by atoms with van der Waals surface area (Å²) in [5.41, 5.74) is 3.09. The monoisotopic (exact) mass is 492 g/mol. The number of rotatable bonds is 4. The number of H-pyrrole nitrogens is 1. The maximum Gasteiger partial charge on any atom is 0.271 e. The lowest BCUT2D eigenvalue weighted by Crippen LogP contribution is -2.48. The Morgan fingerprint density at radius 1 is 1.07 bits per heavy atom. The van der Waals surface area contributed by atoms with E-state index in [2.05, 4.69) is 43.2 Å². The summed E-state index contributed by atoms with van der Waals surface area (Å²) in [7, 11) is 0. The Hall–Kier alpha value is -1.86. The van der Waals surface area contributed by atoms with Crippen molar-refractivity contribution in [2.75, 3.05) is 26.2 Å². The lowest BCUT2D eigenvalue weighted by Gasteiger charge is -2.34. The van der Waals surface area contributed by atoms with Crippen LogP contribution in [0.2, 0.25) is 10.0 Å². The maximum atomic E-state index is 12.9. The number of nitrogens with one attached hydrogen (secondary N) is 1. The zero-order valence-corrected chi connectivity index (χ0v) is 18.6. The van der Waals surface area contributed by atoms with E-state index in [1.165, 1.54) is 5.56 Å². The molecule has 1 amide bonds. The maximum absolute atomic E-state index is 12.9. The van der Waals surface area contributed by atoms with Gasteiger partial charge in [-0.25, -0.2) is 0 Å². The van der Waals surface area contributed by atoms with E-state index in [0.29, 0.717) is 34.5 Å². The number of amides is 1. The SMILES string of the molecule is O=C(c1cc(-c2ccc(Cl)cc2Cl)n[nH]1)N1CCN(Cc2ccccc2Br)CC1. The number of piperazine rings is 1. The van der Waals surface area contributed by atoms with Crippen molar-refractivity contribution in [1.82, 2.24) is 20.0 Å². The fourth-order valence-electron chi connectivity index (χ4n) is 3.41. The molecule has 0 aliphatic carbocycles. The van der Waals surface area contributed by atoms with Gasteiger partial charge in [0.25, 0.3) is 5.91 Å². The highest BCUT2D eigenvalue weighted by atomic mass is 79.9. The fourth-order valence-corrected chi connectivity index (χ4v) is 4.33. The number of carbonyl (C=O) groups excluding carboxylic acids is 1. The predicted molar refractivity (Wildman–Crippen MR) is 119 cm³/mol. The van der Waals surface area contributed by atoms with E-state index in [1.807, 2.05) is 17.0 Å². The normalized spacial score (nSPS) is 14.9. The second-order valence-corrected chi connectivity index (χ2v) is 8.65. The number of nitrogens with zero attached hydrogens (tertiary/aromatic N) is 3. The van der Waals surface area contributed by atoms with Crippen molar-refractivity contribution in [3.63, 3.8) is 0 Å². The summed E-state index contributed by atoms with van der Waals surface area (Å²) in [4.78, 5) is 17.1. The number of benzene rings is 2. The van der Waals surface area contributed by atoms with Gasteiger partial charge < -0.3 is 4.90 Å². The quantitative estimate of drug-likeness (QED) is 0.549. The molecule has 4 rings (SSSR count). The Morgan fingerprint density at radius 2 is 1.83 bits per heavy atom. The average molecular weight is 494 g/mol. The molecular weight excluding hydrogens is 475 g/mol. The largest absolute Gasteiger partial charge is 0.335 e. The van der Waals surface area contributed by atoms with E-state index >= 15 is 0 Å². The number of hydrogen-bond donors (Lipinski definition) is 1. The van der Waals surface area contributed by atoms with Gasteiger partial charge in [-0.05, 0) is 35.9 Å². The zero-order chi connectivity index (χ0) is 20.4. The van der Waals surface area contributed by atoms with Gasteiger partial charge in [0, 0.05) is 47.8 Å². The van der Waals surface area contributed by atoms with Crippen LogP contribution in [-0.4, -0.2) is 52.1 Å². The van der Waals surface area contributed by atoms with Gasteiger partial charge in [0.15, 0.2) is 0 Å². The van der Waals surface area contributed by atoms with Gasteiger partial charge in [0.1, 0.15) is 5.69 Å². The lowest BCUT2D eigenvalue weighted by atomic mass is 10.1. The van der Waals surface area contributed by atoms with Gasteiger partial charge >= 0.3 is 0 Å². The first-order valence-corrected chi connectivity index (χ1v) is 10.8. The number of aromatic amines is 1. The van der Waals surface area contributed by atoms with E-state index in [4.69, 9.17) is 23.2 Å². The van der Waals surface area contributed by atoms with Crippen LogP contribution >= 0.6 is 39.1 Å². The second kappa shape index (κ2) is 8.88. The molecule has 1 fully saturated rings. The molecule has 2 aromatic carbocycles. The highest BCUT2D eigenvalue weighted by molar-refractivity contribution is 9.10. The fraction of sp³-hybridized carbons (Fsp3) is 0.238. The van der Waals surface area contributed by atoms with Crippen molar-refractivity contribution in [3.8, 4) is 11.3 Å². The molecule has 0 saturated carbocycles. The molecule has 2 heterocycles. The minimum Gasteiger partial charge on any atom is -0.335 e. The van der Waals surface area contributed by atoms with Crippen molar-refractivity contribution >= 4 is 45.0 Å². The third-order valence-electron chi connectivity index (χ3n) is 5.03. The summed E-state index contributed by atoms with van der Waals surface area (Å²) in [5.74, 6) is -0.0469. The van der Waals surface area contributed by atoms with Crippen molar-refractivity contribution < 1.29 is 4.79 Å². The van der Waals surface area contributed by atoms with Gasteiger partial charge in [-0.3, -0.25) is 14.8 Å². The molecule has 0 unspecified atom stereocenters. The topological polar surface area (TPSA) is 52.2 Å². The number of aromatic nitrogens is 2. The third-order valence-corrected chi connectivity index (χ3v) is 6.35. The first-order valence-electron chi connectivity index (χ1n) is 9.27. The van der Waals surface area contributed by atoms with E-state index in [9.17, 15) is 4.79 Å². The molecule has 0 radical (unpaired) electrons. The van der Waals surface area contributed by atoms with Crippen LogP contribution in [0.25, 0.3) is 11.3 Å². The first kappa shape index (κ1) is 20.4. The van der Waals surface area contributed by atoms with E-state index in [1.54, 1.807) is 24.3 Å². The standard InChI is InChI=1S/C21H19BrCl2N4O/c22-17-4-2-1-3-14(17)13-27-7-9-28(10-8-27)21(29)20-12-19(25-26-20)16-6-5-15(23)11-18(16)24/h1-6,11-12H,7-10,13H2,(H,25,26). The smallest absolute Gasteiger partial charge is 0.271 e. The van der Waals surface area contributed by atoms with Crippen LogP contribution in [0.1, 0.15) is 16.1 Å². The lowest BCUT2D eigenvalue weighted by molar-refractivity contribution is 0.0622. The van der Waals surface area contributed by atoms with E-state index < -0.39 is 0 Å². The molecule has 1 N–H and O–H groups in total. The van der Waals surface area contributed by atoms with Gasteiger partial charge in [0.2, 0.25) is 0 Å².